The maximum Gasteiger partial charge on any atom is 0.341 e. The van der Waals surface area contributed by atoms with E-state index in [2.05, 4.69) is 0 Å². The molecule has 2 aromatic rings. The van der Waals surface area contributed by atoms with Crippen LogP contribution in [0.25, 0.3) is 10.9 Å². The van der Waals surface area contributed by atoms with Gasteiger partial charge in [-0.1, -0.05) is 6.07 Å². The highest BCUT2D eigenvalue weighted by Gasteiger charge is 2.26. The van der Waals surface area contributed by atoms with E-state index in [-0.39, 0.29) is 23.2 Å². The van der Waals surface area contributed by atoms with Crippen molar-refractivity contribution < 1.29 is 34.4 Å². The van der Waals surface area contributed by atoms with Crippen LogP contribution in [0.4, 0.5) is 0 Å². The molecular weight excluding hydrogens is 332 g/mol. The van der Waals surface area contributed by atoms with Crippen LogP contribution in [0.5, 0.6) is 5.75 Å². The number of carbonyl (C=O) groups excluding carboxylic acids is 2. The van der Waals surface area contributed by atoms with Crippen molar-refractivity contribution in [1.82, 2.24) is 4.57 Å². The number of hydrogen-bond donors (Lipinski definition) is 4. The van der Waals surface area contributed by atoms with Gasteiger partial charge in [0, 0.05) is 5.69 Å². The van der Waals surface area contributed by atoms with E-state index in [0.717, 1.165) is 0 Å². The molecule has 1 aromatic carbocycles. The molecule has 0 radical (unpaired) electrons. The van der Waals surface area contributed by atoms with Crippen molar-refractivity contribution in [3.05, 3.63) is 29.5 Å². The number of rotatable bonds is 8. The third-order valence-corrected chi connectivity index (χ3v) is 3.72. The minimum absolute atomic E-state index is 0.0198. The Morgan fingerprint density at radius 1 is 1.32 bits per heavy atom. The summed E-state index contributed by atoms with van der Waals surface area (Å²) in [5, 5.41) is 27.8. The second kappa shape index (κ2) is 7.32. The predicted octanol–water partition coefficient (Wildman–Crippen LogP) is -0.566. The Hall–Kier alpha value is -2.91. The fraction of sp³-hybridized carbons (Fsp3) is 0.312. The largest absolute Gasteiger partial charge is 0.481 e. The lowest BCUT2D eigenvalue weighted by Gasteiger charge is -2.12. The SMILES string of the molecule is Cc1c(C(=O)C(N)=O)c2c(OCC(=O)O)cccc2n1CC(O)CO. The zero-order valence-electron chi connectivity index (χ0n) is 13.4. The Kier molecular flexibility index (Phi) is 5.40. The van der Waals surface area contributed by atoms with Gasteiger partial charge in [0.25, 0.3) is 11.7 Å². The highest BCUT2D eigenvalue weighted by molar-refractivity contribution is 6.45. The van der Waals surface area contributed by atoms with Crippen LogP contribution in [0.3, 0.4) is 0 Å². The van der Waals surface area contributed by atoms with Gasteiger partial charge in [0.2, 0.25) is 0 Å². The van der Waals surface area contributed by atoms with Gasteiger partial charge in [0.15, 0.2) is 6.61 Å². The molecule has 1 heterocycles. The number of primary amides is 1. The second-order valence-corrected chi connectivity index (χ2v) is 5.43. The third kappa shape index (κ3) is 3.62. The molecule has 134 valence electrons. The van der Waals surface area contributed by atoms with Gasteiger partial charge in [-0.3, -0.25) is 9.59 Å². The number of aliphatic carboxylic acids is 1. The molecule has 5 N–H and O–H groups in total. The number of aliphatic hydroxyl groups excluding tert-OH is 2. The summed E-state index contributed by atoms with van der Waals surface area (Å²) in [5.74, 6) is -3.22. The number of nitrogens with zero attached hydrogens (tertiary/aromatic N) is 1. The summed E-state index contributed by atoms with van der Waals surface area (Å²) in [7, 11) is 0. The summed E-state index contributed by atoms with van der Waals surface area (Å²) in [6, 6.07) is 4.67. The number of ether oxygens (including phenoxy) is 1. The first-order valence-corrected chi connectivity index (χ1v) is 7.37. The van der Waals surface area contributed by atoms with E-state index in [1.807, 2.05) is 0 Å². The fourth-order valence-corrected chi connectivity index (χ4v) is 2.66. The van der Waals surface area contributed by atoms with E-state index in [4.69, 9.17) is 20.7 Å². The minimum atomic E-state index is -1.20. The molecule has 0 fully saturated rings. The maximum atomic E-state index is 12.3. The van der Waals surface area contributed by atoms with Crippen LogP contribution in [0.1, 0.15) is 16.1 Å². The molecule has 9 heteroatoms. The molecule has 0 aliphatic rings. The maximum absolute atomic E-state index is 12.3. The fourth-order valence-electron chi connectivity index (χ4n) is 2.66. The monoisotopic (exact) mass is 350 g/mol. The smallest absolute Gasteiger partial charge is 0.341 e. The number of aliphatic hydroxyl groups is 2. The second-order valence-electron chi connectivity index (χ2n) is 5.43. The molecule has 0 aliphatic heterocycles. The Labute approximate surface area is 142 Å². The number of Topliss-reactive ketones (excluding diaryl/α,β-unsaturated/α-hetero) is 1. The van der Waals surface area contributed by atoms with Gasteiger partial charge in [-0.2, -0.15) is 0 Å². The standard InChI is InChI=1S/C16H18N2O7/c1-8-13(15(23)16(17)24)14-10(18(8)5-9(20)6-19)3-2-4-11(14)25-7-12(21)22/h2-4,9,19-20H,5-7H2,1H3,(H2,17,24)(H,21,22). The van der Waals surface area contributed by atoms with Crippen LogP contribution < -0.4 is 10.5 Å². The molecule has 1 aromatic heterocycles. The van der Waals surface area contributed by atoms with Crippen LogP contribution in [0, 0.1) is 6.92 Å². The van der Waals surface area contributed by atoms with E-state index in [9.17, 15) is 19.5 Å². The zero-order valence-corrected chi connectivity index (χ0v) is 13.4. The van der Waals surface area contributed by atoms with Crippen LogP contribution >= 0.6 is 0 Å². The lowest BCUT2D eigenvalue weighted by Crippen LogP contribution is -2.24. The first kappa shape index (κ1) is 18.4. The van der Waals surface area contributed by atoms with Crippen molar-refractivity contribution in [3.63, 3.8) is 0 Å². The van der Waals surface area contributed by atoms with Crippen molar-refractivity contribution in [2.45, 2.75) is 19.6 Å². The molecule has 1 unspecified atom stereocenters. The van der Waals surface area contributed by atoms with Crippen molar-refractivity contribution in [2.24, 2.45) is 5.73 Å². The highest BCUT2D eigenvalue weighted by Crippen LogP contribution is 2.34. The lowest BCUT2D eigenvalue weighted by atomic mass is 10.1. The van der Waals surface area contributed by atoms with E-state index in [1.165, 1.54) is 6.07 Å². The number of hydrogen-bond acceptors (Lipinski definition) is 6. The molecule has 0 aliphatic carbocycles. The number of ketones is 1. The number of fused-ring (bicyclic) bond motifs is 1. The number of carbonyl (C=O) groups is 3. The van der Waals surface area contributed by atoms with Gasteiger partial charge in [-0.05, 0) is 19.1 Å². The summed E-state index contributed by atoms with van der Waals surface area (Å²) in [6.45, 7) is 0.398. The van der Waals surface area contributed by atoms with E-state index >= 15 is 0 Å². The molecule has 1 atom stereocenters. The van der Waals surface area contributed by atoms with E-state index in [1.54, 1.807) is 23.6 Å². The molecule has 0 spiro atoms. The summed E-state index contributed by atoms with van der Waals surface area (Å²) in [5.41, 5.74) is 5.88. The Bertz CT molecular complexity index is 841. The third-order valence-electron chi connectivity index (χ3n) is 3.72. The van der Waals surface area contributed by atoms with Gasteiger partial charge in [-0.15, -0.1) is 0 Å². The van der Waals surface area contributed by atoms with Gasteiger partial charge in [0.05, 0.1) is 35.7 Å². The first-order chi connectivity index (χ1) is 11.8. The van der Waals surface area contributed by atoms with Gasteiger partial charge in [-0.25, -0.2) is 4.79 Å². The summed E-state index contributed by atoms with van der Waals surface area (Å²) >= 11 is 0. The van der Waals surface area contributed by atoms with Gasteiger partial charge in [0.1, 0.15) is 5.75 Å². The van der Waals surface area contributed by atoms with Crippen LogP contribution in [-0.4, -0.2) is 56.9 Å². The van der Waals surface area contributed by atoms with E-state index < -0.39 is 37.0 Å². The van der Waals surface area contributed by atoms with Gasteiger partial charge >= 0.3 is 5.97 Å². The average Bonchev–Trinajstić information content (AvgIpc) is 2.84. The van der Waals surface area contributed by atoms with Gasteiger partial charge < -0.3 is 30.4 Å². The number of benzene rings is 1. The normalized spacial score (nSPS) is 12.1. The van der Waals surface area contributed by atoms with Crippen molar-refractivity contribution in [2.75, 3.05) is 13.2 Å². The summed E-state index contributed by atoms with van der Waals surface area (Å²) in [6.07, 6.45) is -1.09. The Balaban J connectivity index is 2.72. The van der Waals surface area contributed by atoms with Crippen LogP contribution in [0.2, 0.25) is 0 Å². The molecule has 0 bridgehead atoms. The number of aromatic nitrogens is 1. The predicted molar refractivity (Wildman–Crippen MR) is 86.4 cm³/mol. The molecule has 0 saturated heterocycles. The van der Waals surface area contributed by atoms with Crippen molar-refractivity contribution >= 4 is 28.6 Å². The van der Waals surface area contributed by atoms with Crippen molar-refractivity contribution in [1.29, 1.82) is 0 Å². The highest BCUT2D eigenvalue weighted by atomic mass is 16.5. The molecule has 9 nitrogen and oxygen atoms in total. The van der Waals surface area contributed by atoms with Crippen LogP contribution in [0.15, 0.2) is 18.2 Å². The Morgan fingerprint density at radius 3 is 2.56 bits per heavy atom. The number of nitrogens with two attached hydrogens (primary N) is 1. The number of carboxylic acids is 1. The topological polar surface area (TPSA) is 152 Å². The minimum Gasteiger partial charge on any atom is -0.481 e. The van der Waals surface area contributed by atoms with Crippen LogP contribution in [-0.2, 0) is 16.1 Å². The molecule has 0 saturated carbocycles. The molecule has 2 rings (SSSR count). The molecule has 1 amide bonds. The summed E-state index contributed by atoms with van der Waals surface area (Å²) in [4.78, 5) is 34.4. The lowest BCUT2D eigenvalue weighted by molar-refractivity contribution is -0.139. The quantitative estimate of drug-likeness (QED) is 0.367. The Morgan fingerprint density at radius 2 is 2.00 bits per heavy atom. The van der Waals surface area contributed by atoms with Crippen molar-refractivity contribution in [3.8, 4) is 5.75 Å². The number of carboxylic acid groups (broad SMARTS) is 1. The molecule has 25 heavy (non-hydrogen) atoms. The average molecular weight is 350 g/mol. The van der Waals surface area contributed by atoms with E-state index in [0.29, 0.717) is 11.2 Å². The first-order valence-electron chi connectivity index (χ1n) is 7.37. The summed E-state index contributed by atoms with van der Waals surface area (Å²) < 4.78 is 6.76. The molecular formula is C16H18N2O7. The zero-order chi connectivity index (χ0) is 18.7. The number of amides is 1.